The minimum Gasteiger partial charge on any atom is -0.458 e. The van der Waals surface area contributed by atoms with Crippen molar-refractivity contribution in [2.24, 2.45) is 39.9 Å². The fourth-order valence-electron chi connectivity index (χ4n) is 10.0. The summed E-state index contributed by atoms with van der Waals surface area (Å²) >= 11 is 3.64. The summed E-state index contributed by atoms with van der Waals surface area (Å²) in [5, 5.41) is 22.9. The Labute approximate surface area is 265 Å². The van der Waals surface area contributed by atoms with E-state index in [1.54, 1.807) is 0 Å². The number of esters is 3. The number of carbonyl (C=O) groups is 3. The van der Waals surface area contributed by atoms with Crippen LogP contribution in [0.1, 0.15) is 107 Å². The highest BCUT2D eigenvalue weighted by molar-refractivity contribution is 9.11. The standard InChI is InChI=1S/C34H51BrO8/c1-18(2)25(35)10-9-22(31(40)42-17-41-20(4)36)29-24-15-27(39)30-32(6)13-12-26(38)19(3)23(32)11-14-33(30,7)34(24,8)16-28(29)43-21(5)37/h19,23-24,26-28,30,38-39H,9-17H2,1-8H3/t19-,23?,24+,26+,27+,28-,30+,32-,33-,34-/m0/s1. The van der Waals surface area contributed by atoms with Crippen LogP contribution in [-0.4, -0.2) is 53.2 Å². The molecule has 2 N–H and O–H groups in total. The zero-order valence-corrected chi connectivity index (χ0v) is 28.7. The number of aliphatic hydroxyl groups excluding tert-OH is 2. The van der Waals surface area contributed by atoms with E-state index in [0.717, 1.165) is 41.3 Å². The number of hydrogen-bond donors (Lipinski definition) is 2. The van der Waals surface area contributed by atoms with Crippen molar-refractivity contribution in [3.05, 3.63) is 21.2 Å². The summed E-state index contributed by atoms with van der Waals surface area (Å²) in [5.74, 6) is -1.29. The highest BCUT2D eigenvalue weighted by Crippen LogP contribution is 2.74. The molecule has 8 nitrogen and oxygen atoms in total. The van der Waals surface area contributed by atoms with Gasteiger partial charge in [-0.2, -0.15) is 0 Å². The van der Waals surface area contributed by atoms with Crippen molar-refractivity contribution in [2.45, 2.75) is 125 Å². The van der Waals surface area contributed by atoms with Crippen LogP contribution in [0.25, 0.3) is 0 Å². The van der Waals surface area contributed by atoms with Gasteiger partial charge >= 0.3 is 17.9 Å². The molecular formula is C34H51BrO8. The van der Waals surface area contributed by atoms with E-state index < -0.39 is 36.9 Å². The highest BCUT2D eigenvalue weighted by Gasteiger charge is 2.70. The van der Waals surface area contributed by atoms with Crippen LogP contribution >= 0.6 is 15.9 Å². The van der Waals surface area contributed by atoms with Gasteiger partial charge in [-0.1, -0.05) is 49.2 Å². The second-order valence-electron chi connectivity index (χ2n) is 14.6. The number of halogens is 1. The highest BCUT2D eigenvalue weighted by atomic mass is 79.9. The summed E-state index contributed by atoms with van der Waals surface area (Å²) in [7, 11) is 0. The minimum atomic E-state index is -0.630. The second kappa shape index (κ2) is 12.6. The number of allylic oxidation sites excluding steroid dienone is 2. The maximum Gasteiger partial charge on any atom is 0.336 e. The molecule has 0 amide bonds. The molecule has 4 rings (SSSR count). The average Bonchev–Trinajstić information content (AvgIpc) is 3.17. The lowest BCUT2D eigenvalue weighted by Crippen LogP contribution is -2.65. The summed E-state index contributed by atoms with van der Waals surface area (Å²) in [4.78, 5) is 37.6. The van der Waals surface area contributed by atoms with Gasteiger partial charge in [-0.15, -0.1) is 0 Å². The van der Waals surface area contributed by atoms with Gasteiger partial charge in [0.15, 0.2) is 0 Å². The molecule has 242 valence electrons. The smallest absolute Gasteiger partial charge is 0.336 e. The van der Waals surface area contributed by atoms with Gasteiger partial charge in [0.25, 0.3) is 0 Å². The van der Waals surface area contributed by atoms with E-state index in [2.05, 4.69) is 43.6 Å². The third-order valence-corrected chi connectivity index (χ3v) is 13.4. The van der Waals surface area contributed by atoms with E-state index in [-0.39, 0.29) is 40.1 Å². The SMILES string of the molecule is CC(=O)OCOC(=O)C(CCC(Br)=C(C)C)=C1[C@@H](OC(C)=O)C[C@@]2(C)[C@@H]1C[C@@H](O)[C@@H]1[C@@]3(C)CC[C@@H](O)[C@@H](C)C3CC[C@@]12C. The lowest BCUT2D eigenvalue weighted by molar-refractivity contribution is -0.234. The quantitative estimate of drug-likeness (QED) is 0.183. The van der Waals surface area contributed by atoms with Crippen molar-refractivity contribution in [1.82, 2.24) is 0 Å². The topological polar surface area (TPSA) is 119 Å². The number of rotatable bonds is 7. The van der Waals surface area contributed by atoms with Gasteiger partial charge < -0.3 is 24.4 Å². The van der Waals surface area contributed by atoms with Crippen molar-refractivity contribution in [3.8, 4) is 0 Å². The van der Waals surface area contributed by atoms with Crippen molar-refractivity contribution >= 4 is 33.8 Å². The molecule has 0 aliphatic heterocycles. The van der Waals surface area contributed by atoms with Crippen LogP contribution in [0.3, 0.4) is 0 Å². The normalized spacial score (nSPS) is 41.2. The predicted octanol–water partition coefficient (Wildman–Crippen LogP) is 6.37. The van der Waals surface area contributed by atoms with Gasteiger partial charge in [-0.25, -0.2) is 4.79 Å². The zero-order chi connectivity index (χ0) is 32.1. The molecule has 0 saturated heterocycles. The Morgan fingerprint density at radius 3 is 2.19 bits per heavy atom. The molecule has 0 aromatic heterocycles. The number of fused-ring (bicyclic) bond motifs is 5. The largest absolute Gasteiger partial charge is 0.458 e. The molecular weight excluding hydrogens is 616 g/mol. The summed E-state index contributed by atoms with van der Waals surface area (Å²) in [6.07, 6.45) is 3.76. The maximum atomic E-state index is 13.7. The van der Waals surface area contributed by atoms with Crippen molar-refractivity contribution in [3.63, 3.8) is 0 Å². The van der Waals surface area contributed by atoms with Gasteiger partial charge in [-0.3, -0.25) is 9.59 Å². The van der Waals surface area contributed by atoms with E-state index in [9.17, 15) is 24.6 Å². The van der Waals surface area contributed by atoms with E-state index >= 15 is 0 Å². The Balaban J connectivity index is 1.83. The van der Waals surface area contributed by atoms with Crippen LogP contribution in [0.2, 0.25) is 0 Å². The summed E-state index contributed by atoms with van der Waals surface area (Å²) < 4.78 is 17.4. The van der Waals surface area contributed by atoms with E-state index in [4.69, 9.17) is 14.2 Å². The van der Waals surface area contributed by atoms with Crippen LogP contribution in [-0.2, 0) is 28.6 Å². The lowest BCUT2D eigenvalue weighted by atomic mass is 9.36. The monoisotopic (exact) mass is 666 g/mol. The Morgan fingerprint density at radius 1 is 0.907 bits per heavy atom. The van der Waals surface area contributed by atoms with Crippen LogP contribution < -0.4 is 0 Å². The number of ether oxygens (including phenoxy) is 3. The van der Waals surface area contributed by atoms with Crippen LogP contribution in [0, 0.1) is 39.9 Å². The number of carbonyl (C=O) groups excluding carboxylic acids is 3. The molecule has 0 spiro atoms. The molecule has 0 heterocycles. The second-order valence-corrected chi connectivity index (χ2v) is 15.6. The molecule has 43 heavy (non-hydrogen) atoms. The molecule has 0 aromatic rings. The van der Waals surface area contributed by atoms with Gasteiger partial charge in [0, 0.05) is 19.4 Å². The van der Waals surface area contributed by atoms with E-state index in [1.807, 2.05) is 13.8 Å². The Bertz CT molecular complexity index is 1190. The fourth-order valence-corrected chi connectivity index (χ4v) is 10.2. The summed E-state index contributed by atoms with van der Waals surface area (Å²) in [6, 6.07) is 0. The molecule has 4 aliphatic rings. The first kappa shape index (κ1) is 34.2. The Morgan fingerprint density at radius 2 is 1.58 bits per heavy atom. The molecule has 1 unspecified atom stereocenters. The van der Waals surface area contributed by atoms with Crippen LogP contribution in [0.4, 0.5) is 0 Å². The maximum absolute atomic E-state index is 13.7. The van der Waals surface area contributed by atoms with Crippen molar-refractivity contribution < 1.29 is 38.8 Å². The van der Waals surface area contributed by atoms with Crippen LogP contribution in [0.15, 0.2) is 21.2 Å². The zero-order valence-electron chi connectivity index (χ0n) is 27.1. The lowest BCUT2D eigenvalue weighted by Gasteiger charge is -2.69. The molecule has 9 heteroatoms. The molecule has 4 saturated carbocycles. The van der Waals surface area contributed by atoms with Gasteiger partial charge in [0.2, 0.25) is 6.79 Å². The Hall–Kier alpha value is -1.71. The van der Waals surface area contributed by atoms with Crippen LogP contribution in [0.5, 0.6) is 0 Å². The molecule has 4 fully saturated rings. The first-order chi connectivity index (χ1) is 20.0. The molecule has 0 bridgehead atoms. The van der Waals surface area contributed by atoms with Crippen molar-refractivity contribution in [2.75, 3.05) is 6.79 Å². The third-order valence-electron chi connectivity index (χ3n) is 12.2. The molecule has 10 atom stereocenters. The first-order valence-corrected chi connectivity index (χ1v) is 16.7. The van der Waals surface area contributed by atoms with Gasteiger partial charge in [0.05, 0.1) is 12.2 Å². The van der Waals surface area contributed by atoms with E-state index in [0.29, 0.717) is 37.2 Å². The summed E-state index contributed by atoms with van der Waals surface area (Å²) in [5.41, 5.74) is 1.45. The minimum absolute atomic E-state index is 0.00599. The van der Waals surface area contributed by atoms with Crippen molar-refractivity contribution in [1.29, 1.82) is 0 Å². The van der Waals surface area contributed by atoms with Gasteiger partial charge in [-0.05, 0) is 115 Å². The Kier molecular flexibility index (Phi) is 10.0. The first-order valence-electron chi connectivity index (χ1n) is 15.9. The van der Waals surface area contributed by atoms with Gasteiger partial charge in [0.1, 0.15) is 6.10 Å². The molecule has 4 aliphatic carbocycles. The average molecular weight is 668 g/mol. The third kappa shape index (κ3) is 5.99. The molecule has 0 aromatic carbocycles. The number of aliphatic hydroxyl groups is 2. The number of hydrogen-bond acceptors (Lipinski definition) is 8. The van der Waals surface area contributed by atoms with E-state index in [1.165, 1.54) is 13.8 Å². The fraction of sp³-hybridized carbons (Fsp3) is 0.794. The summed E-state index contributed by atoms with van der Waals surface area (Å²) in [6.45, 7) is 15.2. The molecule has 0 radical (unpaired) electrons. The predicted molar refractivity (Wildman–Crippen MR) is 166 cm³/mol.